The molecule has 0 aliphatic rings. The summed E-state index contributed by atoms with van der Waals surface area (Å²) in [7, 11) is 3.05. The van der Waals surface area contributed by atoms with E-state index in [0.717, 1.165) is 10.1 Å². The van der Waals surface area contributed by atoms with Crippen molar-refractivity contribution >= 4 is 33.3 Å². The van der Waals surface area contributed by atoms with Crippen LogP contribution in [-0.2, 0) is 9.53 Å². The number of ether oxygens (including phenoxy) is 1. The zero-order chi connectivity index (χ0) is 14.7. The van der Waals surface area contributed by atoms with Gasteiger partial charge in [0.25, 0.3) is 5.91 Å². The molecular weight excluding hydrogens is 274 g/mol. The highest BCUT2D eigenvalue weighted by Crippen LogP contribution is 2.26. The molecule has 0 N–H and O–H groups in total. The second-order valence-corrected chi connectivity index (χ2v) is 5.84. The van der Waals surface area contributed by atoms with Crippen LogP contribution < -0.4 is 0 Å². The Labute approximate surface area is 122 Å². The summed E-state index contributed by atoms with van der Waals surface area (Å²) in [6, 6.07) is 9.78. The molecule has 1 aromatic heterocycles. The lowest BCUT2D eigenvalue weighted by Gasteiger charge is -2.19. The van der Waals surface area contributed by atoms with E-state index in [0.29, 0.717) is 11.4 Å². The Morgan fingerprint density at radius 3 is 2.70 bits per heavy atom. The molecule has 0 bridgehead atoms. The molecule has 5 heteroatoms. The molecule has 2 aromatic rings. The molecular formula is C15H17NO3S. The molecule has 1 heterocycles. The topological polar surface area (TPSA) is 46.6 Å². The van der Waals surface area contributed by atoms with Crippen molar-refractivity contribution in [3.63, 3.8) is 0 Å². The highest BCUT2D eigenvalue weighted by atomic mass is 32.1. The minimum Gasteiger partial charge on any atom is -0.469 e. The van der Waals surface area contributed by atoms with Crippen LogP contribution in [0.5, 0.6) is 0 Å². The molecule has 1 atom stereocenters. The average Bonchev–Trinajstić information content (AvgIpc) is 2.89. The van der Waals surface area contributed by atoms with E-state index in [-0.39, 0.29) is 17.8 Å². The van der Waals surface area contributed by atoms with Crippen molar-refractivity contribution in [1.82, 2.24) is 4.90 Å². The third-order valence-corrected chi connectivity index (χ3v) is 4.24. The van der Waals surface area contributed by atoms with Crippen molar-refractivity contribution in [2.24, 2.45) is 5.92 Å². The van der Waals surface area contributed by atoms with E-state index in [4.69, 9.17) is 0 Å². The van der Waals surface area contributed by atoms with Crippen LogP contribution in [0.2, 0.25) is 0 Å². The molecule has 0 saturated heterocycles. The number of carbonyl (C=O) groups excluding carboxylic acids is 2. The van der Waals surface area contributed by atoms with Gasteiger partial charge >= 0.3 is 5.97 Å². The van der Waals surface area contributed by atoms with Gasteiger partial charge in [-0.05, 0) is 17.5 Å². The molecule has 106 valence electrons. The number of rotatable bonds is 4. The first-order valence-corrected chi connectivity index (χ1v) is 7.16. The van der Waals surface area contributed by atoms with Crippen molar-refractivity contribution in [2.75, 3.05) is 20.7 Å². The van der Waals surface area contributed by atoms with E-state index in [1.807, 2.05) is 30.3 Å². The maximum Gasteiger partial charge on any atom is 0.310 e. The molecule has 4 nitrogen and oxygen atoms in total. The number of fused-ring (bicyclic) bond motifs is 1. The number of methoxy groups -OCH3 is 1. The summed E-state index contributed by atoms with van der Waals surface area (Å²) in [6.07, 6.45) is 0. The first kappa shape index (κ1) is 14.5. The second-order valence-electron chi connectivity index (χ2n) is 4.76. The standard InChI is InChI=1S/C15H17NO3S/c1-10(15(18)19-3)9-16(2)14(17)13-8-11-6-4-5-7-12(11)20-13/h4-8,10H,9H2,1-3H3. The summed E-state index contributed by atoms with van der Waals surface area (Å²) >= 11 is 1.47. The third-order valence-electron chi connectivity index (χ3n) is 3.13. The van der Waals surface area contributed by atoms with E-state index < -0.39 is 0 Å². The van der Waals surface area contributed by atoms with E-state index in [1.54, 1.807) is 18.9 Å². The highest BCUT2D eigenvalue weighted by molar-refractivity contribution is 7.20. The lowest BCUT2D eigenvalue weighted by molar-refractivity contribution is -0.145. The first-order valence-electron chi connectivity index (χ1n) is 6.34. The molecule has 20 heavy (non-hydrogen) atoms. The fraction of sp³-hybridized carbons (Fsp3) is 0.333. The van der Waals surface area contributed by atoms with Gasteiger partial charge in [-0.25, -0.2) is 0 Å². The van der Waals surface area contributed by atoms with Crippen molar-refractivity contribution in [3.05, 3.63) is 35.2 Å². The predicted octanol–water partition coefficient (Wildman–Crippen LogP) is 2.78. The third kappa shape index (κ3) is 2.99. The van der Waals surface area contributed by atoms with Gasteiger partial charge in [-0.1, -0.05) is 25.1 Å². The molecule has 2 rings (SSSR count). The number of thiophene rings is 1. The molecule has 0 aliphatic heterocycles. The molecule has 1 amide bonds. The Bertz CT molecular complexity index is 602. The number of nitrogens with zero attached hydrogens (tertiary/aromatic N) is 1. The van der Waals surface area contributed by atoms with Crippen molar-refractivity contribution in [3.8, 4) is 0 Å². The summed E-state index contributed by atoms with van der Waals surface area (Å²) in [4.78, 5) is 26.0. The monoisotopic (exact) mass is 291 g/mol. The summed E-state index contributed by atoms with van der Waals surface area (Å²) in [6.45, 7) is 2.10. The molecule has 0 fully saturated rings. The van der Waals surface area contributed by atoms with E-state index in [1.165, 1.54) is 18.4 Å². The Balaban J connectivity index is 2.12. The number of hydrogen-bond donors (Lipinski definition) is 0. The molecule has 0 spiro atoms. The second kappa shape index (κ2) is 6.05. The van der Waals surface area contributed by atoms with Gasteiger partial charge in [0.1, 0.15) is 0 Å². The zero-order valence-electron chi connectivity index (χ0n) is 11.8. The maximum absolute atomic E-state index is 12.3. The van der Waals surface area contributed by atoms with Crippen LogP contribution in [-0.4, -0.2) is 37.5 Å². The van der Waals surface area contributed by atoms with Gasteiger partial charge in [0, 0.05) is 18.3 Å². The van der Waals surface area contributed by atoms with Crippen LogP contribution in [0.3, 0.4) is 0 Å². The summed E-state index contributed by atoms with van der Waals surface area (Å²) in [5.74, 6) is -0.703. The summed E-state index contributed by atoms with van der Waals surface area (Å²) < 4.78 is 5.76. The van der Waals surface area contributed by atoms with E-state index in [9.17, 15) is 9.59 Å². The minimum atomic E-state index is -0.330. The van der Waals surface area contributed by atoms with Gasteiger partial charge < -0.3 is 9.64 Å². The Kier molecular flexibility index (Phi) is 4.39. The van der Waals surface area contributed by atoms with E-state index in [2.05, 4.69) is 4.74 Å². The number of carbonyl (C=O) groups is 2. The fourth-order valence-electron chi connectivity index (χ4n) is 2.04. The Morgan fingerprint density at radius 2 is 2.05 bits per heavy atom. The SMILES string of the molecule is COC(=O)C(C)CN(C)C(=O)c1cc2ccccc2s1. The number of amides is 1. The highest BCUT2D eigenvalue weighted by Gasteiger charge is 2.20. The maximum atomic E-state index is 12.3. The Morgan fingerprint density at radius 1 is 1.35 bits per heavy atom. The summed E-state index contributed by atoms with van der Waals surface area (Å²) in [5.41, 5.74) is 0. The smallest absolute Gasteiger partial charge is 0.310 e. The molecule has 1 aromatic carbocycles. The van der Waals surface area contributed by atoms with Crippen molar-refractivity contribution in [2.45, 2.75) is 6.92 Å². The van der Waals surface area contributed by atoms with Gasteiger partial charge in [-0.2, -0.15) is 0 Å². The molecule has 0 aliphatic carbocycles. The van der Waals surface area contributed by atoms with Crippen molar-refractivity contribution in [1.29, 1.82) is 0 Å². The fourth-order valence-corrected chi connectivity index (χ4v) is 3.10. The van der Waals surface area contributed by atoms with Crippen LogP contribution in [0.25, 0.3) is 10.1 Å². The molecule has 0 radical (unpaired) electrons. The lowest BCUT2D eigenvalue weighted by Crippen LogP contribution is -2.33. The van der Waals surface area contributed by atoms with E-state index >= 15 is 0 Å². The van der Waals surface area contributed by atoms with Crippen LogP contribution in [0.1, 0.15) is 16.6 Å². The first-order chi connectivity index (χ1) is 9.52. The normalized spacial score (nSPS) is 12.2. The molecule has 0 saturated carbocycles. The Hall–Kier alpha value is -1.88. The number of esters is 1. The van der Waals surface area contributed by atoms with Gasteiger partial charge in [0.05, 0.1) is 17.9 Å². The number of hydrogen-bond acceptors (Lipinski definition) is 4. The minimum absolute atomic E-state index is 0.0676. The predicted molar refractivity (Wildman–Crippen MR) is 80.0 cm³/mol. The lowest BCUT2D eigenvalue weighted by atomic mass is 10.1. The van der Waals surface area contributed by atoms with Crippen LogP contribution in [0, 0.1) is 5.92 Å². The largest absolute Gasteiger partial charge is 0.469 e. The summed E-state index contributed by atoms with van der Waals surface area (Å²) in [5, 5.41) is 1.07. The van der Waals surface area contributed by atoms with Crippen LogP contribution >= 0.6 is 11.3 Å². The zero-order valence-corrected chi connectivity index (χ0v) is 12.6. The van der Waals surface area contributed by atoms with Crippen LogP contribution in [0.15, 0.2) is 30.3 Å². The molecule has 1 unspecified atom stereocenters. The van der Waals surface area contributed by atoms with Gasteiger partial charge in [0.2, 0.25) is 0 Å². The van der Waals surface area contributed by atoms with Gasteiger partial charge in [-0.15, -0.1) is 11.3 Å². The van der Waals surface area contributed by atoms with Crippen molar-refractivity contribution < 1.29 is 14.3 Å². The van der Waals surface area contributed by atoms with Gasteiger partial charge in [-0.3, -0.25) is 9.59 Å². The quantitative estimate of drug-likeness (QED) is 0.814. The van der Waals surface area contributed by atoms with Gasteiger partial charge in [0.15, 0.2) is 0 Å². The van der Waals surface area contributed by atoms with Crippen LogP contribution in [0.4, 0.5) is 0 Å². The number of benzene rings is 1. The average molecular weight is 291 g/mol.